The number of aromatic nitrogens is 3. The minimum absolute atomic E-state index is 0.486. The maximum Gasteiger partial charge on any atom is 0.201 e. The normalized spacial score (nSPS) is 11.2. The van der Waals surface area contributed by atoms with E-state index in [4.69, 9.17) is 17.3 Å². The van der Waals surface area contributed by atoms with Gasteiger partial charge >= 0.3 is 0 Å². The number of nitrogens with zero attached hydrogens (tertiary/aromatic N) is 3. The summed E-state index contributed by atoms with van der Waals surface area (Å²) < 4.78 is 1.95. The van der Waals surface area contributed by atoms with E-state index >= 15 is 0 Å². The molecule has 0 amide bonds. The Labute approximate surface area is 113 Å². The third-order valence-corrected chi connectivity index (χ3v) is 3.83. The zero-order valence-corrected chi connectivity index (χ0v) is 11.3. The Kier molecular flexibility index (Phi) is 2.72. The SMILES string of the molecule is Cc1cnc(Cn2c(N)nc3cc(Cl)ccc32)s1. The summed E-state index contributed by atoms with van der Waals surface area (Å²) in [6.45, 7) is 2.68. The van der Waals surface area contributed by atoms with Crippen molar-refractivity contribution < 1.29 is 0 Å². The van der Waals surface area contributed by atoms with Crippen LogP contribution in [-0.4, -0.2) is 14.5 Å². The van der Waals surface area contributed by atoms with Gasteiger partial charge in [-0.25, -0.2) is 9.97 Å². The average Bonchev–Trinajstić information content (AvgIpc) is 2.84. The molecule has 0 saturated carbocycles. The molecule has 3 rings (SSSR count). The summed E-state index contributed by atoms with van der Waals surface area (Å²) in [5.74, 6) is 0.486. The minimum atomic E-state index is 0.486. The number of hydrogen-bond acceptors (Lipinski definition) is 4. The van der Waals surface area contributed by atoms with Crippen molar-refractivity contribution in [1.82, 2.24) is 14.5 Å². The van der Waals surface area contributed by atoms with E-state index in [-0.39, 0.29) is 0 Å². The lowest BCUT2D eigenvalue weighted by Crippen LogP contribution is -2.04. The van der Waals surface area contributed by atoms with Gasteiger partial charge in [-0.1, -0.05) is 11.6 Å². The van der Waals surface area contributed by atoms with Crippen molar-refractivity contribution in [2.75, 3.05) is 5.73 Å². The van der Waals surface area contributed by atoms with Crippen molar-refractivity contribution in [2.45, 2.75) is 13.5 Å². The lowest BCUT2D eigenvalue weighted by atomic mass is 10.3. The fraction of sp³-hybridized carbons (Fsp3) is 0.167. The molecule has 0 aliphatic heterocycles. The molecule has 2 aromatic heterocycles. The second-order valence-corrected chi connectivity index (χ2v) is 5.81. The molecule has 4 nitrogen and oxygen atoms in total. The van der Waals surface area contributed by atoms with Crippen molar-refractivity contribution in [2.24, 2.45) is 0 Å². The third-order valence-electron chi connectivity index (χ3n) is 2.70. The van der Waals surface area contributed by atoms with Crippen LogP contribution in [0.15, 0.2) is 24.4 Å². The molecule has 0 atom stereocenters. The highest BCUT2D eigenvalue weighted by Crippen LogP contribution is 2.23. The monoisotopic (exact) mass is 278 g/mol. The first-order chi connectivity index (χ1) is 8.63. The summed E-state index contributed by atoms with van der Waals surface area (Å²) in [5.41, 5.74) is 7.73. The number of rotatable bonds is 2. The van der Waals surface area contributed by atoms with Crippen LogP contribution in [0.2, 0.25) is 5.02 Å². The summed E-state index contributed by atoms with van der Waals surface area (Å²) in [5, 5.41) is 1.69. The topological polar surface area (TPSA) is 56.7 Å². The highest BCUT2D eigenvalue weighted by molar-refractivity contribution is 7.11. The van der Waals surface area contributed by atoms with Crippen molar-refractivity contribution in [3.8, 4) is 0 Å². The van der Waals surface area contributed by atoms with Gasteiger partial charge in [0.25, 0.3) is 0 Å². The van der Waals surface area contributed by atoms with Crippen molar-refractivity contribution in [1.29, 1.82) is 0 Å². The number of halogens is 1. The molecule has 0 unspecified atom stereocenters. The van der Waals surface area contributed by atoms with E-state index in [1.165, 1.54) is 4.88 Å². The standard InChI is InChI=1S/C12H11ClN4S/c1-7-5-15-11(18-7)6-17-10-3-2-8(13)4-9(10)16-12(17)14/h2-5H,6H2,1H3,(H2,14,16). The van der Waals surface area contributed by atoms with E-state index in [2.05, 4.69) is 9.97 Å². The summed E-state index contributed by atoms with van der Waals surface area (Å²) in [6.07, 6.45) is 1.87. The molecule has 0 spiro atoms. The van der Waals surface area contributed by atoms with Gasteiger partial charge in [-0.3, -0.25) is 0 Å². The van der Waals surface area contributed by atoms with Crippen LogP contribution in [0.4, 0.5) is 5.95 Å². The smallest absolute Gasteiger partial charge is 0.201 e. The molecule has 0 aliphatic rings. The van der Waals surface area contributed by atoms with Crippen LogP contribution in [0.25, 0.3) is 11.0 Å². The van der Waals surface area contributed by atoms with Gasteiger partial charge in [0.1, 0.15) is 5.01 Å². The molecule has 0 radical (unpaired) electrons. The lowest BCUT2D eigenvalue weighted by molar-refractivity contribution is 0.829. The number of anilines is 1. The van der Waals surface area contributed by atoms with Gasteiger partial charge in [-0.15, -0.1) is 11.3 Å². The van der Waals surface area contributed by atoms with Crippen LogP contribution in [0.5, 0.6) is 0 Å². The molecule has 0 fully saturated rings. The first-order valence-electron chi connectivity index (χ1n) is 5.46. The Morgan fingerprint density at radius 1 is 1.44 bits per heavy atom. The first-order valence-corrected chi connectivity index (χ1v) is 6.65. The van der Waals surface area contributed by atoms with Gasteiger partial charge in [-0.05, 0) is 25.1 Å². The fourth-order valence-electron chi connectivity index (χ4n) is 1.90. The molecule has 0 bridgehead atoms. The van der Waals surface area contributed by atoms with E-state index in [1.54, 1.807) is 11.3 Å². The van der Waals surface area contributed by atoms with Crippen LogP contribution < -0.4 is 5.73 Å². The van der Waals surface area contributed by atoms with Crippen LogP contribution in [-0.2, 0) is 6.54 Å². The largest absolute Gasteiger partial charge is 0.369 e. The lowest BCUT2D eigenvalue weighted by Gasteiger charge is -2.03. The summed E-state index contributed by atoms with van der Waals surface area (Å²) >= 11 is 7.61. The molecule has 1 aromatic carbocycles. The van der Waals surface area contributed by atoms with Gasteiger partial charge in [0.2, 0.25) is 5.95 Å². The highest BCUT2D eigenvalue weighted by Gasteiger charge is 2.10. The third kappa shape index (κ3) is 1.95. The quantitative estimate of drug-likeness (QED) is 0.784. The number of thiazole rings is 1. The van der Waals surface area contributed by atoms with Gasteiger partial charge < -0.3 is 10.3 Å². The molecule has 3 aromatic rings. The Morgan fingerprint density at radius 3 is 3.00 bits per heavy atom. The zero-order chi connectivity index (χ0) is 12.7. The van der Waals surface area contributed by atoms with E-state index in [1.807, 2.05) is 35.9 Å². The molecule has 6 heteroatoms. The Bertz CT molecular complexity index is 716. The molecular weight excluding hydrogens is 268 g/mol. The Morgan fingerprint density at radius 2 is 2.28 bits per heavy atom. The van der Waals surface area contributed by atoms with Crippen LogP contribution in [0, 0.1) is 6.92 Å². The number of imidazole rings is 1. The number of fused-ring (bicyclic) bond motifs is 1. The van der Waals surface area contributed by atoms with Crippen molar-refractivity contribution in [3.63, 3.8) is 0 Å². The Balaban J connectivity index is 2.08. The van der Waals surface area contributed by atoms with Crippen LogP contribution in [0.1, 0.15) is 9.88 Å². The number of hydrogen-bond donors (Lipinski definition) is 1. The zero-order valence-electron chi connectivity index (χ0n) is 9.72. The molecule has 0 aliphatic carbocycles. The number of aryl methyl sites for hydroxylation is 1. The van der Waals surface area contributed by atoms with E-state index in [0.717, 1.165) is 16.0 Å². The van der Waals surface area contributed by atoms with E-state index in [9.17, 15) is 0 Å². The maximum atomic E-state index is 5.94. The molecular formula is C12H11ClN4S. The average molecular weight is 279 g/mol. The van der Waals surface area contributed by atoms with E-state index in [0.29, 0.717) is 17.5 Å². The second kappa shape index (κ2) is 4.26. The second-order valence-electron chi connectivity index (χ2n) is 4.05. The predicted molar refractivity (Wildman–Crippen MR) is 75.1 cm³/mol. The van der Waals surface area contributed by atoms with Crippen LogP contribution >= 0.6 is 22.9 Å². The highest BCUT2D eigenvalue weighted by atomic mass is 35.5. The molecule has 2 N–H and O–H groups in total. The first kappa shape index (κ1) is 11.5. The van der Waals surface area contributed by atoms with Crippen molar-refractivity contribution >= 4 is 39.9 Å². The molecule has 92 valence electrons. The number of nitrogens with two attached hydrogens (primary N) is 1. The van der Waals surface area contributed by atoms with Crippen LogP contribution in [0.3, 0.4) is 0 Å². The minimum Gasteiger partial charge on any atom is -0.369 e. The van der Waals surface area contributed by atoms with E-state index < -0.39 is 0 Å². The maximum absolute atomic E-state index is 5.94. The molecule has 18 heavy (non-hydrogen) atoms. The summed E-state index contributed by atoms with van der Waals surface area (Å²) in [6, 6.07) is 5.59. The van der Waals surface area contributed by atoms with Gasteiger partial charge in [0.15, 0.2) is 0 Å². The van der Waals surface area contributed by atoms with Gasteiger partial charge in [0, 0.05) is 16.1 Å². The molecule has 0 saturated heterocycles. The summed E-state index contributed by atoms with van der Waals surface area (Å²) in [7, 11) is 0. The Hall–Kier alpha value is -1.59. The number of benzene rings is 1. The van der Waals surface area contributed by atoms with Gasteiger partial charge in [-0.2, -0.15) is 0 Å². The van der Waals surface area contributed by atoms with Crippen molar-refractivity contribution in [3.05, 3.63) is 39.3 Å². The fourth-order valence-corrected chi connectivity index (χ4v) is 2.84. The van der Waals surface area contributed by atoms with Gasteiger partial charge in [0.05, 0.1) is 17.6 Å². The number of nitrogen functional groups attached to an aromatic ring is 1. The predicted octanol–water partition coefficient (Wildman–Crippen LogP) is 3.09. The summed E-state index contributed by atoms with van der Waals surface area (Å²) in [4.78, 5) is 9.85. The molecule has 2 heterocycles.